The van der Waals surface area contributed by atoms with Crippen LogP contribution in [-0.4, -0.2) is 74.7 Å². The molecule has 1 aliphatic heterocycles. The summed E-state index contributed by atoms with van der Waals surface area (Å²) in [5.41, 5.74) is 0. The van der Waals surface area contributed by atoms with Crippen molar-refractivity contribution in [3.63, 3.8) is 0 Å². The Kier molecular flexibility index (Phi) is 13.8. The lowest BCUT2D eigenvalue weighted by atomic mass is 10.2. The normalized spacial score (nSPS) is 16.7. The largest absolute Gasteiger partial charge is 0.357 e. The van der Waals surface area contributed by atoms with E-state index >= 15 is 0 Å². The number of nitrogens with one attached hydrogen (secondary N) is 2. The third-order valence-electron chi connectivity index (χ3n) is 3.77. The molecule has 1 heterocycles. The minimum Gasteiger partial charge on any atom is -0.357 e. The topological polar surface area (TPSA) is 42.9 Å². The van der Waals surface area contributed by atoms with E-state index in [9.17, 15) is 0 Å². The average molecular weight is 421 g/mol. The summed E-state index contributed by atoms with van der Waals surface area (Å²) in [6.07, 6.45) is 7.59. The Morgan fingerprint density at radius 2 is 1.77 bits per heavy atom. The molecule has 0 unspecified atom stereocenters. The van der Waals surface area contributed by atoms with Crippen LogP contribution < -0.4 is 10.6 Å². The van der Waals surface area contributed by atoms with Crippen molar-refractivity contribution < 1.29 is 0 Å². The van der Waals surface area contributed by atoms with E-state index in [1.54, 1.807) is 0 Å². The summed E-state index contributed by atoms with van der Waals surface area (Å²) in [5, 5.41) is 6.31. The molecule has 1 rings (SSSR count). The lowest BCUT2D eigenvalue weighted by Gasteiger charge is -2.33. The van der Waals surface area contributed by atoms with Gasteiger partial charge in [0.1, 0.15) is 0 Å². The van der Waals surface area contributed by atoms with Crippen molar-refractivity contribution in [2.75, 3.05) is 58.9 Å². The monoisotopic (exact) mass is 421 g/mol. The lowest BCUT2D eigenvalue weighted by Crippen LogP contribution is -2.46. The van der Waals surface area contributed by atoms with Crippen molar-refractivity contribution in [1.29, 1.82) is 0 Å². The predicted molar refractivity (Wildman–Crippen MR) is 106 cm³/mol. The van der Waals surface area contributed by atoms with E-state index in [1.165, 1.54) is 45.7 Å². The smallest absolute Gasteiger partial charge is 0.192 e. The zero-order valence-corrected chi connectivity index (χ0v) is 16.4. The summed E-state index contributed by atoms with van der Waals surface area (Å²) < 4.78 is 0. The second-order valence-corrected chi connectivity index (χ2v) is 5.30. The molecular formula is C16H32IN5. The second kappa shape index (κ2) is 14.1. The highest BCUT2D eigenvalue weighted by molar-refractivity contribution is 14.0. The third kappa shape index (κ3) is 9.49. The van der Waals surface area contributed by atoms with Crippen LogP contribution in [0.1, 0.15) is 26.7 Å². The first kappa shape index (κ1) is 21.5. The van der Waals surface area contributed by atoms with Crippen molar-refractivity contribution in [2.45, 2.75) is 26.7 Å². The molecule has 1 saturated heterocycles. The van der Waals surface area contributed by atoms with Gasteiger partial charge in [0.2, 0.25) is 0 Å². The Labute approximate surface area is 153 Å². The number of likely N-dealkylation sites (N-methyl/N-ethyl adjacent to an activating group) is 1. The van der Waals surface area contributed by atoms with Crippen LogP contribution in [-0.2, 0) is 0 Å². The predicted octanol–water partition coefficient (Wildman–Crippen LogP) is 1.21. The summed E-state index contributed by atoms with van der Waals surface area (Å²) >= 11 is 0. The van der Waals surface area contributed by atoms with Gasteiger partial charge in [-0.25, -0.2) is 0 Å². The number of unbranched alkanes of at least 4 members (excludes halogenated alkanes) is 1. The van der Waals surface area contributed by atoms with Crippen LogP contribution in [0.4, 0.5) is 0 Å². The van der Waals surface area contributed by atoms with Crippen LogP contribution >= 0.6 is 24.0 Å². The lowest BCUT2D eigenvalue weighted by molar-refractivity contribution is 0.136. The van der Waals surface area contributed by atoms with Crippen LogP contribution in [0.15, 0.2) is 4.99 Å². The fourth-order valence-electron chi connectivity index (χ4n) is 2.44. The van der Waals surface area contributed by atoms with Crippen LogP contribution in [0.25, 0.3) is 0 Å². The Hall–Kier alpha value is -0.520. The number of guanidine groups is 1. The molecule has 1 fully saturated rings. The number of hydrogen-bond acceptors (Lipinski definition) is 3. The second-order valence-electron chi connectivity index (χ2n) is 5.30. The van der Waals surface area contributed by atoms with E-state index in [-0.39, 0.29) is 24.0 Å². The number of hydrogen-bond donors (Lipinski definition) is 2. The van der Waals surface area contributed by atoms with E-state index in [0.29, 0.717) is 6.54 Å². The molecule has 1 aliphatic rings. The summed E-state index contributed by atoms with van der Waals surface area (Å²) in [4.78, 5) is 9.61. The average Bonchev–Trinajstić information content (AvgIpc) is 2.52. The summed E-state index contributed by atoms with van der Waals surface area (Å²) in [6.45, 7) is 13.8. The van der Waals surface area contributed by atoms with Crippen LogP contribution in [0.2, 0.25) is 0 Å². The standard InChI is InChI=1S/C16H31N5.HI/c1-4-9-18-16(17-5-2)19-10-7-8-11-21-14-12-20(6-3)13-15-21;/h1H,5-15H2,2-3H3,(H2,17,18,19);1H. The Morgan fingerprint density at radius 3 is 2.36 bits per heavy atom. The maximum atomic E-state index is 5.25. The number of rotatable bonds is 8. The maximum Gasteiger partial charge on any atom is 0.192 e. The molecule has 0 amide bonds. The number of nitrogens with zero attached hydrogens (tertiary/aromatic N) is 3. The number of terminal acetylenes is 1. The van der Waals surface area contributed by atoms with Gasteiger partial charge in [0, 0.05) is 39.3 Å². The fourth-order valence-corrected chi connectivity index (χ4v) is 2.44. The van der Waals surface area contributed by atoms with Crippen molar-refractivity contribution in [3.8, 4) is 12.3 Å². The molecule has 5 nitrogen and oxygen atoms in total. The van der Waals surface area contributed by atoms with Crippen LogP contribution in [0, 0.1) is 12.3 Å². The van der Waals surface area contributed by atoms with Gasteiger partial charge in [0.25, 0.3) is 0 Å². The highest BCUT2D eigenvalue weighted by Gasteiger charge is 2.14. The zero-order chi connectivity index (χ0) is 15.3. The highest BCUT2D eigenvalue weighted by atomic mass is 127. The van der Waals surface area contributed by atoms with Gasteiger partial charge in [-0.1, -0.05) is 12.8 Å². The maximum absolute atomic E-state index is 5.25. The van der Waals surface area contributed by atoms with E-state index < -0.39 is 0 Å². The van der Waals surface area contributed by atoms with Crippen molar-refractivity contribution in [2.24, 2.45) is 4.99 Å². The first-order valence-corrected chi connectivity index (χ1v) is 8.20. The van der Waals surface area contributed by atoms with E-state index in [1.807, 2.05) is 0 Å². The van der Waals surface area contributed by atoms with E-state index in [2.05, 4.69) is 45.2 Å². The van der Waals surface area contributed by atoms with Gasteiger partial charge in [-0.3, -0.25) is 4.99 Å². The molecule has 0 aromatic rings. The fraction of sp³-hybridized carbons (Fsp3) is 0.812. The summed E-state index contributed by atoms with van der Waals surface area (Å²) in [5.74, 6) is 3.39. The highest BCUT2D eigenvalue weighted by Crippen LogP contribution is 2.03. The van der Waals surface area contributed by atoms with Gasteiger partial charge >= 0.3 is 0 Å². The molecule has 0 spiro atoms. The van der Waals surface area contributed by atoms with Crippen molar-refractivity contribution in [1.82, 2.24) is 20.4 Å². The van der Waals surface area contributed by atoms with Gasteiger partial charge in [-0.05, 0) is 32.9 Å². The molecule has 0 aromatic heterocycles. The van der Waals surface area contributed by atoms with Gasteiger partial charge in [0.15, 0.2) is 5.96 Å². The Morgan fingerprint density at radius 1 is 1.09 bits per heavy atom. The Balaban J connectivity index is 0.00000441. The molecule has 128 valence electrons. The first-order valence-electron chi connectivity index (χ1n) is 8.20. The van der Waals surface area contributed by atoms with Gasteiger partial charge < -0.3 is 20.4 Å². The summed E-state index contributed by atoms with van der Waals surface area (Å²) in [7, 11) is 0. The van der Waals surface area contributed by atoms with E-state index in [0.717, 1.165) is 25.5 Å². The first-order chi connectivity index (χ1) is 10.3. The van der Waals surface area contributed by atoms with Gasteiger partial charge in [0.05, 0.1) is 6.54 Å². The SMILES string of the molecule is C#CCNC(=NCCCCN1CCN(CC)CC1)NCC.I. The Bertz CT molecular complexity index is 332. The minimum atomic E-state index is 0. The summed E-state index contributed by atoms with van der Waals surface area (Å²) in [6, 6.07) is 0. The molecule has 2 N–H and O–H groups in total. The number of piperazine rings is 1. The van der Waals surface area contributed by atoms with E-state index in [4.69, 9.17) is 6.42 Å². The zero-order valence-electron chi connectivity index (χ0n) is 14.1. The van der Waals surface area contributed by atoms with Crippen LogP contribution in [0.5, 0.6) is 0 Å². The molecule has 0 aliphatic carbocycles. The molecule has 22 heavy (non-hydrogen) atoms. The number of aliphatic imine (C=N–C) groups is 1. The molecule has 6 heteroatoms. The van der Waals surface area contributed by atoms with Crippen LogP contribution in [0.3, 0.4) is 0 Å². The molecule has 0 aromatic carbocycles. The third-order valence-corrected chi connectivity index (χ3v) is 3.77. The number of halogens is 1. The molecule has 0 atom stereocenters. The van der Waals surface area contributed by atoms with Gasteiger partial charge in [-0.2, -0.15) is 0 Å². The molecule has 0 bridgehead atoms. The quantitative estimate of drug-likeness (QED) is 0.203. The minimum absolute atomic E-state index is 0. The van der Waals surface area contributed by atoms with Crippen molar-refractivity contribution >= 4 is 29.9 Å². The molecule has 0 radical (unpaired) electrons. The molecular weight excluding hydrogens is 389 g/mol. The van der Waals surface area contributed by atoms with Gasteiger partial charge in [-0.15, -0.1) is 30.4 Å². The van der Waals surface area contributed by atoms with Crippen molar-refractivity contribution in [3.05, 3.63) is 0 Å². The molecule has 0 saturated carbocycles.